The zero-order chi connectivity index (χ0) is 6.53. The van der Waals surface area contributed by atoms with Gasteiger partial charge in [-0.2, -0.15) is 0 Å². The second-order valence-corrected chi connectivity index (χ2v) is 1.51. The van der Waals surface area contributed by atoms with Crippen molar-refractivity contribution in [2.75, 3.05) is 0 Å². The predicted molar refractivity (Wildman–Crippen MR) is 33.3 cm³/mol. The molecule has 1 rings (SSSR count). The van der Waals surface area contributed by atoms with Gasteiger partial charge in [0.15, 0.2) is 0 Å². The molecule has 0 fully saturated rings. The van der Waals surface area contributed by atoms with Gasteiger partial charge in [0.2, 0.25) is 0 Å². The Morgan fingerprint density at radius 1 is 1.56 bits per heavy atom. The van der Waals surface area contributed by atoms with Crippen LogP contribution < -0.4 is 0 Å². The number of halogens is 1. The van der Waals surface area contributed by atoms with Crippen LogP contribution in [0.3, 0.4) is 0 Å². The van der Waals surface area contributed by atoms with E-state index in [0.717, 1.165) is 0 Å². The van der Waals surface area contributed by atoms with E-state index in [1.54, 1.807) is 24.3 Å². The average molecular weight is 119 g/mol. The van der Waals surface area contributed by atoms with Crippen LogP contribution in [-0.4, -0.2) is 0 Å². The van der Waals surface area contributed by atoms with Crippen molar-refractivity contribution < 1.29 is 4.39 Å². The SMILES string of the molecule is FC#Cc1c[c]ccc1. The smallest absolute Gasteiger partial charge is 0.111 e. The zero-order valence-corrected chi connectivity index (χ0v) is 4.69. The Labute approximate surface area is 53.3 Å². The highest BCUT2D eigenvalue weighted by atomic mass is 19.1. The lowest BCUT2D eigenvalue weighted by molar-refractivity contribution is 0.774. The van der Waals surface area contributed by atoms with Crippen LogP contribution in [0.4, 0.5) is 4.39 Å². The zero-order valence-electron chi connectivity index (χ0n) is 4.69. The molecule has 0 heterocycles. The molecule has 1 aromatic rings. The van der Waals surface area contributed by atoms with Crippen molar-refractivity contribution in [1.29, 1.82) is 0 Å². The quantitative estimate of drug-likeness (QED) is 0.456. The molecule has 0 aromatic heterocycles. The van der Waals surface area contributed by atoms with Crippen molar-refractivity contribution in [3.8, 4) is 12.1 Å². The number of hydrogen-bond acceptors (Lipinski definition) is 0. The largest absolute Gasteiger partial charge is 0.144 e. The van der Waals surface area contributed by atoms with Crippen LogP contribution in [0.2, 0.25) is 0 Å². The molecular formula is C8H4F. The minimum Gasteiger partial charge on any atom is -0.144 e. The first kappa shape index (κ1) is 5.84. The molecule has 1 heteroatoms. The molecule has 1 aromatic carbocycles. The van der Waals surface area contributed by atoms with Gasteiger partial charge < -0.3 is 0 Å². The van der Waals surface area contributed by atoms with E-state index in [1.165, 1.54) is 6.17 Å². The van der Waals surface area contributed by atoms with Crippen molar-refractivity contribution in [2.45, 2.75) is 0 Å². The van der Waals surface area contributed by atoms with E-state index < -0.39 is 0 Å². The fraction of sp³-hybridized carbons (Fsp3) is 0. The maximum absolute atomic E-state index is 11.3. The van der Waals surface area contributed by atoms with E-state index in [-0.39, 0.29) is 0 Å². The Morgan fingerprint density at radius 2 is 2.44 bits per heavy atom. The third-order valence-electron chi connectivity index (χ3n) is 0.899. The molecule has 0 saturated carbocycles. The van der Waals surface area contributed by atoms with E-state index in [1.807, 2.05) is 0 Å². The van der Waals surface area contributed by atoms with Gasteiger partial charge in [-0.1, -0.05) is 12.1 Å². The van der Waals surface area contributed by atoms with Gasteiger partial charge in [-0.25, -0.2) is 0 Å². The number of rotatable bonds is 0. The third kappa shape index (κ3) is 1.58. The van der Waals surface area contributed by atoms with Crippen LogP contribution in [0.1, 0.15) is 5.56 Å². The van der Waals surface area contributed by atoms with Gasteiger partial charge in [-0.15, -0.1) is 4.39 Å². The fourth-order valence-electron chi connectivity index (χ4n) is 0.526. The molecule has 0 N–H and O–H groups in total. The monoisotopic (exact) mass is 119 g/mol. The summed E-state index contributed by atoms with van der Waals surface area (Å²) in [4.78, 5) is 0. The fourth-order valence-corrected chi connectivity index (χ4v) is 0.526. The van der Waals surface area contributed by atoms with Crippen LogP contribution in [0.15, 0.2) is 24.3 Å². The van der Waals surface area contributed by atoms with E-state index in [2.05, 4.69) is 12.0 Å². The summed E-state index contributed by atoms with van der Waals surface area (Å²) in [6.07, 6.45) is 1.31. The molecule has 0 spiro atoms. The second-order valence-electron chi connectivity index (χ2n) is 1.51. The molecule has 43 valence electrons. The van der Waals surface area contributed by atoms with Crippen LogP contribution in [0.25, 0.3) is 0 Å². The van der Waals surface area contributed by atoms with Crippen molar-refractivity contribution in [3.63, 3.8) is 0 Å². The maximum atomic E-state index is 11.3. The molecule has 0 bridgehead atoms. The third-order valence-corrected chi connectivity index (χ3v) is 0.899. The lowest BCUT2D eigenvalue weighted by Crippen LogP contribution is -1.68. The van der Waals surface area contributed by atoms with Crippen LogP contribution >= 0.6 is 0 Å². The summed E-state index contributed by atoms with van der Waals surface area (Å²) in [5.41, 5.74) is 0.653. The molecule has 0 nitrogen and oxygen atoms in total. The van der Waals surface area contributed by atoms with Gasteiger partial charge >= 0.3 is 0 Å². The molecule has 0 unspecified atom stereocenters. The molecule has 0 amide bonds. The highest BCUT2D eigenvalue weighted by molar-refractivity contribution is 5.31. The maximum Gasteiger partial charge on any atom is 0.111 e. The van der Waals surface area contributed by atoms with E-state index in [4.69, 9.17) is 0 Å². The van der Waals surface area contributed by atoms with Crippen LogP contribution in [0, 0.1) is 18.2 Å². The summed E-state index contributed by atoms with van der Waals surface area (Å²) in [7, 11) is 0. The topological polar surface area (TPSA) is 0 Å². The van der Waals surface area contributed by atoms with Gasteiger partial charge in [0.05, 0.1) is 0 Å². The molecule has 0 aliphatic heterocycles. The molecule has 1 radical (unpaired) electrons. The van der Waals surface area contributed by atoms with Crippen molar-refractivity contribution >= 4 is 0 Å². The molecular weight excluding hydrogens is 115 g/mol. The lowest BCUT2D eigenvalue weighted by Gasteiger charge is -1.81. The van der Waals surface area contributed by atoms with Gasteiger partial charge in [0.1, 0.15) is 6.17 Å². The van der Waals surface area contributed by atoms with Gasteiger partial charge in [0, 0.05) is 5.56 Å². The Morgan fingerprint density at radius 3 is 3.00 bits per heavy atom. The van der Waals surface area contributed by atoms with E-state index in [0.29, 0.717) is 5.56 Å². The summed E-state index contributed by atoms with van der Waals surface area (Å²) in [6.45, 7) is 0. The van der Waals surface area contributed by atoms with Gasteiger partial charge in [0.25, 0.3) is 0 Å². The number of hydrogen-bond donors (Lipinski definition) is 0. The Balaban J connectivity index is 2.94. The van der Waals surface area contributed by atoms with Crippen LogP contribution in [-0.2, 0) is 0 Å². The van der Waals surface area contributed by atoms with Crippen molar-refractivity contribution in [2.24, 2.45) is 0 Å². The summed E-state index contributed by atoms with van der Waals surface area (Å²) in [5.74, 6) is 2.26. The first-order valence-corrected chi connectivity index (χ1v) is 2.51. The summed E-state index contributed by atoms with van der Waals surface area (Å²) in [5, 5.41) is 0. The normalized spacial score (nSPS) is 7.67. The van der Waals surface area contributed by atoms with Crippen LogP contribution in [0.5, 0.6) is 0 Å². The lowest BCUT2D eigenvalue weighted by atomic mass is 10.2. The molecule has 0 atom stereocenters. The number of benzene rings is 1. The standard InChI is InChI=1S/C8H4F/c9-7-6-8-4-2-1-3-5-8/h1-2,4-5H. The summed E-state index contributed by atoms with van der Waals surface area (Å²) < 4.78 is 11.3. The Kier molecular flexibility index (Phi) is 1.87. The van der Waals surface area contributed by atoms with E-state index >= 15 is 0 Å². The van der Waals surface area contributed by atoms with Gasteiger partial charge in [-0.05, 0) is 24.1 Å². The second kappa shape index (κ2) is 2.88. The Bertz CT molecular complexity index is 228. The first-order chi connectivity index (χ1) is 4.43. The van der Waals surface area contributed by atoms with E-state index in [9.17, 15) is 4.39 Å². The minimum atomic E-state index is 0.653. The van der Waals surface area contributed by atoms with Crippen molar-refractivity contribution in [1.82, 2.24) is 0 Å². The molecule has 0 saturated heterocycles. The molecule has 0 aliphatic carbocycles. The Hall–Kier alpha value is -1.29. The molecule has 0 aliphatic rings. The predicted octanol–water partition coefficient (Wildman–Crippen LogP) is 1.77. The van der Waals surface area contributed by atoms with Gasteiger partial charge in [-0.3, -0.25) is 0 Å². The average Bonchev–Trinajstić information content (AvgIpc) is 1.91. The highest BCUT2D eigenvalue weighted by Crippen LogP contribution is 1.93. The highest BCUT2D eigenvalue weighted by Gasteiger charge is 1.79. The first-order valence-electron chi connectivity index (χ1n) is 2.51. The van der Waals surface area contributed by atoms with Crippen molar-refractivity contribution in [3.05, 3.63) is 35.9 Å². The molecule has 9 heavy (non-hydrogen) atoms. The summed E-state index contributed by atoms with van der Waals surface area (Å²) >= 11 is 0. The summed E-state index contributed by atoms with van der Waals surface area (Å²) in [6, 6.07) is 9.64. The minimum absolute atomic E-state index is 0.653.